The minimum absolute atomic E-state index is 0. The van der Waals surface area contributed by atoms with E-state index < -0.39 is 0 Å². The number of carbonyl (C=O) groups is 2. The minimum Gasteiger partial charge on any atom is -0.339 e. The van der Waals surface area contributed by atoms with E-state index in [2.05, 4.69) is 5.32 Å². The van der Waals surface area contributed by atoms with Crippen LogP contribution in [0, 0.1) is 17.8 Å². The van der Waals surface area contributed by atoms with Gasteiger partial charge in [-0.05, 0) is 63.1 Å². The van der Waals surface area contributed by atoms with E-state index in [1.54, 1.807) is 17.0 Å². The molecular formula is C19H28ClN3O2. The number of hydrogen-bond acceptors (Lipinski definition) is 3. The molecule has 2 fully saturated rings. The van der Waals surface area contributed by atoms with Gasteiger partial charge in [-0.3, -0.25) is 9.59 Å². The molecule has 25 heavy (non-hydrogen) atoms. The lowest BCUT2D eigenvalue weighted by molar-refractivity contribution is -0.121. The number of halogens is 1. The first-order valence-electron chi connectivity index (χ1n) is 9.00. The zero-order valence-corrected chi connectivity index (χ0v) is 15.7. The molecule has 1 aromatic carbocycles. The molecule has 0 aromatic heterocycles. The number of nitrogens with zero attached hydrogens (tertiary/aromatic N) is 1. The molecule has 3 rings (SSSR count). The van der Waals surface area contributed by atoms with Gasteiger partial charge < -0.3 is 16.0 Å². The highest BCUT2D eigenvalue weighted by atomic mass is 35.5. The Bertz CT molecular complexity index is 631. The maximum Gasteiger partial charge on any atom is 0.253 e. The number of rotatable bonds is 5. The third-order valence-corrected chi connectivity index (χ3v) is 5.71. The first kappa shape index (κ1) is 19.7. The highest BCUT2D eigenvalue weighted by Gasteiger charge is 2.49. The summed E-state index contributed by atoms with van der Waals surface area (Å²) in [7, 11) is 0. The summed E-state index contributed by atoms with van der Waals surface area (Å²) in [4.78, 5) is 26.9. The number of fused-ring (bicyclic) bond motifs is 2. The van der Waals surface area contributed by atoms with Crippen molar-refractivity contribution < 1.29 is 9.59 Å². The van der Waals surface area contributed by atoms with Crippen LogP contribution in [0.25, 0.3) is 0 Å². The monoisotopic (exact) mass is 365 g/mol. The van der Waals surface area contributed by atoms with Crippen molar-refractivity contribution >= 4 is 29.9 Å². The van der Waals surface area contributed by atoms with Crippen LogP contribution < -0.4 is 11.1 Å². The Labute approximate surface area is 155 Å². The molecule has 3 N–H and O–H groups in total. The van der Waals surface area contributed by atoms with Crippen LogP contribution in [0.2, 0.25) is 0 Å². The van der Waals surface area contributed by atoms with Crippen LogP contribution in [0.3, 0.4) is 0 Å². The highest BCUT2D eigenvalue weighted by Crippen LogP contribution is 2.47. The van der Waals surface area contributed by atoms with Crippen LogP contribution in [-0.4, -0.2) is 35.8 Å². The minimum atomic E-state index is -0.0918. The molecule has 2 aliphatic rings. The quantitative estimate of drug-likeness (QED) is 0.842. The zero-order valence-electron chi connectivity index (χ0n) is 14.9. The van der Waals surface area contributed by atoms with Crippen molar-refractivity contribution in [2.24, 2.45) is 23.5 Å². The van der Waals surface area contributed by atoms with E-state index in [1.165, 1.54) is 0 Å². The number of benzene rings is 1. The summed E-state index contributed by atoms with van der Waals surface area (Å²) in [6.45, 7) is 5.27. The van der Waals surface area contributed by atoms with Gasteiger partial charge in [-0.15, -0.1) is 12.4 Å². The van der Waals surface area contributed by atoms with Gasteiger partial charge in [0.1, 0.15) is 0 Å². The molecule has 5 nitrogen and oxygen atoms in total. The summed E-state index contributed by atoms with van der Waals surface area (Å²) in [5.41, 5.74) is 7.53. The number of hydrogen-bond donors (Lipinski definition) is 2. The molecular weight excluding hydrogens is 338 g/mol. The smallest absolute Gasteiger partial charge is 0.253 e. The second-order valence-electron chi connectivity index (χ2n) is 6.98. The number of nitrogens with two attached hydrogens (primary N) is 1. The number of carbonyl (C=O) groups excluding carboxylic acids is 2. The van der Waals surface area contributed by atoms with Crippen LogP contribution in [0.5, 0.6) is 0 Å². The molecule has 4 atom stereocenters. The number of nitrogens with one attached hydrogen (secondary N) is 1. The molecule has 6 heteroatoms. The van der Waals surface area contributed by atoms with E-state index in [-0.39, 0.29) is 36.2 Å². The third-order valence-electron chi connectivity index (χ3n) is 5.71. The van der Waals surface area contributed by atoms with Crippen molar-refractivity contribution in [3.05, 3.63) is 29.8 Å². The Morgan fingerprint density at radius 3 is 2.48 bits per heavy atom. The summed E-state index contributed by atoms with van der Waals surface area (Å²) in [6, 6.07) is 7.17. The second-order valence-corrected chi connectivity index (χ2v) is 6.98. The van der Waals surface area contributed by atoms with Gasteiger partial charge in [-0.25, -0.2) is 0 Å². The molecule has 0 radical (unpaired) electrons. The first-order valence-corrected chi connectivity index (χ1v) is 9.00. The molecule has 2 saturated carbocycles. The zero-order chi connectivity index (χ0) is 17.3. The van der Waals surface area contributed by atoms with Crippen LogP contribution in [0.15, 0.2) is 24.3 Å². The van der Waals surface area contributed by atoms with E-state index in [9.17, 15) is 9.59 Å². The maximum absolute atomic E-state index is 12.7. The Morgan fingerprint density at radius 2 is 1.88 bits per heavy atom. The maximum atomic E-state index is 12.7. The van der Waals surface area contributed by atoms with Crippen LogP contribution in [0.4, 0.5) is 5.69 Å². The van der Waals surface area contributed by atoms with E-state index >= 15 is 0 Å². The lowest BCUT2D eigenvalue weighted by Crippen LogP contribution is -2.42. The molecule has 2 amide bonds. The van der Waals surface area contributed by atoms with Gasteiger partial charge in [0.15, 0.2) is 0 Å². The lowest BCUT2D eigenvalue weighted by Gasteiger charge is -2.27. The van der Waals surface area contributed by atoms with Crippen LogP contribution in [-0.2, 0) is 4.79 Å². The van der Waals surface area contributed by atoms with Crippen molar-refractivity contribution in [1.82, 2.24) is 4.90 Å². The van der Waals surface area contributed by atoms with E-state index in [0.29, 0.717) is 36.2 Å². The number of amides is 2. The molecule has 0 saturated heterocycles. The van der Waals surface area contributed by atoms with Crippen molar-refractivity contribution in [1.29, 1.82) is 0 Å². The molecule has 2 aliphatic carbocycles. The number of anilines is 1. The van der Waals surface area contributed by atoms with Crippen molar-refractivity contribution in [3.63, 3.8) is 0 Å². The predicted octanol–water partition coefficient (Wildman–Crippen LogP) is 2.90. The average Bonchev–Trinajstić information content (AvgIpc) is 3.17. The Balaban J connectivity index is 0.00000225. The van der Waals surface area contributed by atoms with Crippen LogP contribution in [0.1, 0.15) is 43.5 Å². The molecule has 0 spiro atoms. The molecule has 4 unspecified atom stereocenters. The van der Waals surface area contributed by atoms with Gasteiger partial charge in [-0.2, -0.15) is 0 Å². The van der Waals surface area contributed by atoms with Gasteiger partial charge in [0.2, 0.25) is 5.91 Å². The summed E-state index contributed by atoms with van der Waals surface area (Å²) in [5, 5.41) is 2.98. The lowest BCUT2D eigenvalue weighted by atomic mass is 9.84. The fourth-order valence-corrected chi connectivity index (χ4v) is 4.37. The summed E-state index contributed by atoms with van der Waals surface area (Å²) in [5.74, 6) is 0.826. The predicted molar refractivity (Wildman–Crippen MR) is 102 cm³/mol. The molecule has 1 aromatic rings. The second kappa shape index (κ2) is 8.19. The Hall–Kier alpha value is -1.59. The molecule has 2 bridgehead atoms. The fraction of sp³-hybridized carbons (Fsp3) is 0.579. The highest BCUT2D eigenvalue weighted by molar-refractivity contribution is 5.98. The van der Waals surface area contributed by atoms with E-state index in [1.807, 2.05) is 26.0 Å². The normalized spacial score (nSPS) is 26.8. The largest absolute Gasteiger partial charge is 0.339 e. The van der Waals surface area contributed by atoms with Gasteiger partial charge in [0.25, 0.3) is 5.91 Å². The summed E-state index contributed by atoms with van der Waals surface area (Å²) in [6.07, 6.45) is 3.35. The van der Waals surface area contributed by atoms with Gasteiger partial charge in [-0.1, -0.05) is 6.07 Å². The summed E-state index contributed by atoms with van der Waals surface area (Å²) >= 11 is 0. The molecule has 138 valence electrons. The molecule has 0 heterocycles. The van der Waals surface area contributed by atoms with Crippen molar-refractivity contribution in [2.75, 3.05) is 18.4 Å². The third kappa shape index (κ3) is 3.82. The summed E-state index contributed by atoms with van der Waals surface area (Å²) < 4.78 is 0. The molecule has 0 aliphatic heterocycles. The van der Waals surface area contributed by atoms with E-state index in [0.717, 1.165) is 19.3 Å². The Kier molecular flexibility index (Phi) is 6.47. The van der Waals surface area contributed by atoms with Crippen LogP contribution >= 0.6 is 12.4 Å². The van der Waals surface area contributed by atoms with Gasteiger partial charge >= 0.3 is 0 Å². The Morgan fingerprint density at radius 1 is 1.20 bits per heavy atom. The van der Waals surface area contributed by atoms with Crippen molar-refractivity contribution in [3.8, 4) is 0 Å². The average molecular weight is 366 g/mol. The SMILES string of the molecule is CCN(CC)C(=O)c1cccc(NC(=O)C2C3CCC(C3)C2N)c1.Cl. The fourth-order valence-electron chi connectivity index (χ4n) is 4.37. The van der Waals surface area contributed by atoms with Gasteiger partial charge in [0, 0.05) is 30.4 Å². The standard InChI is InChI=1S/C19H27N3O2.ClH/c1-3-22(4-2)19(24)14-6-5-7-15(11-14)21-18(23)16-12-8-9-13(10-12)17(16)20;/h5-7,11-13,16-17H,3-4,8-10,20H2,1-2H3,(H,21,23);1H. The van der Waals surface area contributed by atoms with E-state index in [4.69, 9.17) is 5.73 Å². The topological polar surface area (TPSA) is 75.4 Å². The first-order chi connectivity index (χ1) is 11.5. The van der Waals surface area contributed by atoms with Crippen molar-refractivity contribution in [2.45, 2.75) is 39.2 Å². The van der Waals surface area contributed by atoms with Gasteiger partial charge in [0.05, 0.1) is 5.92 Å².